The fraction of sp³-hybridized carbons (Fsp3) is 0.818. The Kier molecular flexibility index (Phi) is 21.7. The summed E-state index contributed by atoms with van der Waals surface area (Å²) in [5, 5.41) is 15.9. The zero-order valence-corrected chi connectivity index (χ0v) is 11.9. The molecule has 8 nitrogen and oxygen atoms in total. The number of guanidine groups is 1. The summed E-state index contributed by atoms with van der Waals surface area (Å²) in [5.41, 5.74) is 8.94. The predicted molar refractivity (Wildman–Crippen MR) is 74.5 cm³/mol. The first-order chi connectivity index (χ1) is 8.77. The minimum absolute atomic E-state index is 0.00986. The highest BCUT2D eigenvalue weighted by Crippen LogP contribution is 2.07. The summed E-state index contributed by atoms with van der Waals surface area (Å²) in [6, 6.07) is 0. The number of nitrogens with one attached hydrogen (secondary N) is 1. The van der Waals surface area contributed by atoms with E-state index in [2.05, 4.69) is 28.6 Å². The molecule has 0 rings (SSSR count). The van der Waals surface area contributed by atoms with Crippen molar-refractivity contribution in [3.05, 3.63) is 4.91 Å². The molecule has 0 radical (unpaired) electrons. The van der Waals surface area contributed by atoms with Crippen LogP contribution in [-0.2, 0) is 9.63 Å². The van der Waals surface area contributed by atoms with E-state index in [0.29, 0.717) is 0 Å². The first kappa shape index (κ1) is 22.3. The van der Waals surface area contributed by atoms with Crippen LogP contribution in [0.15, 0.2) is 5.34 Å². The average Bonchev–Trinajstić information content (AvgIpc) is 2.23. The molecule has 114 valence electrons. The average molecular weight is 278 g/mol. The number of carboxylic acids is 1. The van der Waals surface area contributed by atoms with Gasteiger partial charge in [-0.25, -0.2) is 0 Å². The van der Waals surface area contributed by atoms with Crippen molar-refractivity contribution in [1.82, 2.24) is 0 Å². The van der Waals surface area contributed by atoms with Crippen molar-refractivity contribution in [3.63, 3.8) is 0 Å². The molecular formula is C11H26N4O4. The van der Waals surface area contributed by atoms with Gasteiger partial charge in [-0.1, -0.05) is 26.2 Å². The number of carboxylic acid groups (broad SMARTS) is 1. The SMILES string of the molecule is CC(=O)O.CCCCCCC(C)ON=O.N=C(N)N. The molecule has 0 aromatic rings. The first-order valence-electron chi connectivity index (χ1n) is 6.05. The van der Waals surface area contributed by atoms with Crippen LogP contribution in [0.1, 0.15) is 52.9 Å². The summed E-state index contributed by atoms with van der Waals surface area (Å²) in [5.74, 6) is -1.17. The van der Waals surface area contributed by atoms with Gasteiger partial charge < -0.3 is 21.4 Å². The Morgan fingerprint density at radius 1 is 1.37 bits per heavy atom. The van der Waals surface area contributed by atoms with Crippen molar-refractivity contribution < 1.29 is 14.7 Å². The zero-order valence-electron chi connectivity index (χ0n) is 11.9. The Labute approximate surface area is 113 Å². The summed E-state index contributed by atoms with van der Waals surface area (Å²) in [6.07, 6.45) is 5.78. The van der Waals surface area contributed by atoms with Gasteiger partial charge in [-0.15, -0.1) is 4.91 Å². The molecule has 0 fully saturated rings. The minimum atomic E-state index is -0.833. The molecule has 0 aromatic heterocycles. The third-order valence-corrected chi connectivity index (χ3v) is 1.69. The highest BCUT2D eigenvalue weighted by atomic mass is 16.7. The van der Waals surface area contributed by atoms with Crippen molar-refractivity contribution in [2.24, 2.45) is 16.8 Å². The molecule has 0 heterocycles. The molecule has 19 heavy (non-hydrogen) atoms. The lowest BCUT2D eigenvalue weighted by atomic mass is 10.1. The van der Waals surface area contributed by atoms with Gasteiger partial charge in [-0.2, -0.15) is 0 Å². The van der Waals surface area contributed by atoms with Crippen LogP contribution < -0.4 is 11.5 Å². The molecule has 0 aliphatic rings. The highest BCUT2D eigenvalue weighted by Gasteiger charge is 2.00. The molecule has 0 aromatic carbocycles. The first-order valence-corrected chi connectivity index (χ1v) is 6.05. The third-order valence-electron chi connectivity index (χ3n) is 1.69. The minimum Gasteiger partial charge on any atom is -0.481 e. The highest BCUT2D eigenvalue weighted by molar-refractivity contribution is 5.71. The Morgan fingerprint density at radius 2 is 1.79 bits per heavy atom. The van der Waals surface area contributed by atoms with Crippen molar-refractivity contribution in [2.75, 3.05) is 0 Å². The summed E-state index contributed by atoms with van der Waals surface area (Å²) < 4.78 is 0. The smallest absolute Gasteiger partial charge is 0.300 e. The van der Waals surface area contributed by atoms with Crippen LogP contribution in [-0.4, -0.2) is 23.1 Å². The molecule has 0 bridgehead atoms. The molecule has 1 unspecified atom stereocenters. The monoisotopic (exact) mass is 278 g/mol. The van der Waals surface area contributed by atoms with Crippen molar-refractivity contribution in [1.29, 1.82) is 5.41 Å². The van der Waals surface area contributed by atoms with Crippen molar-refractivity contribution >= 4 is 11.9 Å². The van der Waals surface area contributed by atoms with E-state index in [9.17, 15) is 4.91 Å². The zero-order chi connectivity index (χ0) is 15.7. The number of hydrogen-bond donors (Lipinski definition) is 4. The molecule has 6 N–H and O–H groups in total. The van der Waals surface area contributed by atoms with E-state index in [1.54, 1.807) is 0 Å². The standard InChI is InChI=1S/C8H17NO2.C2H4O2.CH5N3/c1-3-4-5-6-7-8(2)11-9-10;1-2(3)4;2-1(3)4/h8H,3-7H2,1-2H3;1H3,(H,3,4);(H5,2,3,4). The second-order valence-electron chi connectivity index (χ2n) is 3.81. The molecule has 0 saturated heterocycles. The van der Waals surface area contributed by atoms with Gasteiger partial charge >= 0.3 is 0 Å². The maximum Gasteiger partial charge on any atom is 0.300 e. The van der Waals surface area contributed by atoms with E-state index in [4.69, 9.17) is 15.3 Å². The van der Waals surface area contributed by atoms with Crippen LogP contribution in [0.2, 0.25) is 0 Å². The number of rotatable bonds is 7. The molecule has 1 atom stereocenters. The second-order valence-corrected chi connectivity index (χ2v) is 3.81. The summed E-state index contributed by atoms with van der Waals surface area (Å²) in [7, 11) is 0. The lowest BCUT2D eigenvalue weighted by molar-refractivity contribution is -0.134. The van der Waals surface area contributed by atoms with E-state index in [0.717, 1.165) is 19.8 Å². The van der Waals surface area contributed by atoms with E-state index in [1.165, 1.54) is 19.3 Å². The van der Waals surface area contributed by atoms with Gasteiger partial charge in [-0.3, -0.25) is 10.2 Å². The van der Waals surface area contributed by atoms with E-state index in [1.807, 2.05) is 6.92 Å². The number of aliphatic carboxylic acids is 1. The fourth-order valence-corrected chi connectivity index (χ4v) is 0.985. The van der Waals surface area contributed by atoms with Gasteiger partial charge in [0.1, 0.15) is 6.10 Å². The normalized spacial score (nSPS) is 9.84. The molecule has 8 heteroatoms. The van der Waals surface area contributed by atoms with Crippen molar-refractivity contribution in [3.8, 4) is 0 Å². The van der Waals surface area contributed by atoms with Gasteiger partial charge in [0, 0.05) is 6.92 Å². The number of carbonyl (C=O) groups is 1. The molecular weight excluding hydrogens is 252 g/mol. The molecule has 0 aliphatic carbocycles. The summed E-state index contributed by atoms with van der Waals surface area (Å²) in [6.45, 7) is 5.13. The third kappa shape index (κ3) is 63.3. The summed E-state index contributed by atoms with van der Waals surface area (Å²) in [4.78, 5) is 23.1. The molecule has 0 amide bonds. The lowest BCUT2D eigenvalue weighted by Gasteiger charge is -2.05. The predicted octanol–water partition coefficient (Wildman–Crippen LogP) is 1.97. The maximum atomic E-state index is 9.63. The Balaban J connectivity index is -0.000000264. The summed E-state index contributed by atoms with van der Waals surface area (Å²) >= 11 is 0. The Hall–Kier alpha value is -1.86. The van der Waals surface area contributed by atoms with E-state index < -0.39 is 5.97 Å². The second kappa shape index (κ2) is 18.5. The van der Waals surface area contributed by atoms with Crippen LogP contribution in [0.25, 0.3) is 0 Å². The van der Waals surface area contributed by atoms with Crippen LogP contribution >= 0.6 is 0 Å². The van der Waals surface area contributed by atoms with E-state index >= 15 is 0 Å². The molecule has 0 spiro atoms. The quantitative estimate of drug-likeness (QED) is 0.184. The number of hydrogen-bond acceptors (Lipinski definition) is 5. The largest absolute Gasteiger partial charge is 0.481 e. The van der Waals surface area contributed by atoms with Crippen molar-refractivity contribution in [2.45, 2.75) is 59.0 Å². The van der Waals surface area contributed by atoms with Crippen LogP contribution in [0.5, 0.6) is 0 Å². The van der Waals surface area contributed by atoms with E-state index in [-0.39, 0.29) is 12.1 Å². The van der Waals surface area contributed by atoms with Crippen LogP contribution in [0.4, 0.5) is 0 Å². The van der Waals surface area contributed by atoms with Gasteiger partial charge in [0.05, 0.1) is 0 Å². The molecule has 0 saturated carbocycles. The van der Waals surface area contributed by atoms with Gasteiger partial charge in [0.2, 0.25) is 0 Å². The number of unbranched alkanes of at least 4 members (excludes halogenated alkanes) is 3. The Bertz CT molecular complexity index is 217. The van der Waals surface area contributed by atoms with Gasteiger partial charge in [0.15, 0.2) is 11.3 Å². The Morgan fingerprint density at radius 3 is 2.11 bits per heavy atom. The number of nitrogens with two attached hydrogens (primary N) is 2. The van der Waals surface area contributed by atoms with Crippen LogP contribution in [0.3, 0.4) is 0 Å². The lowest BCUT2D eigenvalue weighted by Crippen LogP contribution is -2.20. The number of nitrogens with zero attached hydrogens (tertiary/aromatic N) is 1. The maximum absolute atomic E-state index is 9.63. The fourth-order valence-electron chi connectivity index (χ4n) is 0.985. The van der Waals surface area contributed by atoms with Gasteiger partial charge in [-0.05, 0) is 19.8 Å². The van der Waals surface area contributed by atoms with Gasteiger partial charge in [0.25, 0.3) is 5.97 Å². The topological polar surface area (TPSA) is 152 Å². The van der Waals surface area contributed by atoms with Crippen LogP contribution in [0, 0.1) is 10.3 Å². The molecule has 0 aliphatic heterocycles.